The summed E-state index contributed by atoms with van der Waals surface area (Å²) in [6.07, 6.45) is 1.31. The molecule has 0 radical (unpaired) electrons. The van der Waals surface area contributed by atoms with Crippen LogP contribution in [0.4, 0.5) is 13.2 Å². The van der Waals surface area contributed by atoms with E-state index in [1.54, 1.807) is 31.2 Å². The molecule has 2 rings (SSSR count). The van der Waals surface area contributed by atoms with Crippen molar-refractivity contribution in [2.75, 3.05) is 0 Å². The second-order valence-corrected chi connectivity index (χ2v) is 5.91. The third kappa shape index (κ3) is 5.18. The summed E-state index contributed by atoms with van der Waals surface area (Å²) in [5.74, 6) is 0.0549. The molecule has 130 valence electrons. The molecule has 0 aromatic heterocycles. The van der Waals surface area contributed by atoms with Crippen LogP contribution in [0.2, 0.25) is 0 Å². The Kier molecular flexibility index (Phi) is 6.12. The van der Waals surface area contributed by atoms with Gasteiger partial charge in [0.2, 0.25) is 0 Å². The van der Waals surface area contributed by atoms with Gasteiger partial charge in [-0.2, -0.15) is 8.78 Å². The number of rotatable bonds is 7. The molecule has 0 saturated carbocycles. The first-order chi connectivity index (χ1) is 11.3. The van der Waals surface area contributed by atoms with Gasteiger partial charge in [0.15, 0.2) is 11.6 Å². The predicted molar refractivity (Wildman–Crippen MR) is 87.4 cm³/mol. The van der Waals surface area contributed by atoms with Crippen LogP contribution in [0.25, 0.3) is 0 Å². The number of benzene rings is 2. The second-order valence-electron chi connectivity index (χ2n) is 5.91. The minimum atomic E-state index is -2.83. The van der Waals surface area contributed by atoms with Crippen LogP contribution in [0, 0.1) is 12.7 Å². The Hall–Kier alpha value is -2.17. The summed E-state index contributed by atoms with van der Waals surface area (Å²) >= 11 is 0. The zero-order valence-electron chi connectivity index (χ0n) is 14.0. The summed E-state index contributed by atoms with van der Waals surface area (Å²) in [6, 6.07) is 9.97. The average molecular weight is 338 g/mol. The predicted octanol–water partition coefficient (Wildman–Crippen LogP) is 5.31. The molecule has 0 aliphatic rings. The highest BCUT2D eigenvalue weighted by molar-refractivity contribution is 5.37. The molecule has 2 aromatic rings. The Morgan fingerprint density at radius 2 is 1.50 bits per heavy atom. The van der Waals surface area contributed by atoms with Crippen molar-refractivity contribution in [3.8, 4) is 11.5 Å². The molecule has 5 heteroatoms. The first kappa shape index (κ1) is 18.2. The van der Waals surface area contributed by atoms with Crippen molar-refractivity contribution < 1.29 is 22.6 Å². The molecule has 0 N–H and O–H groups in total. The minimum Gasteiger partial charge on any atom is -0.488 e. The Morgan fingerprint density at radius 3 is 2.08 bits per heavy atom. The zero-order valence-corrected chi connectivity index (χ0v) is 14.0. The zero-order chi connectivity index (χ0) is 17.7. The molecule has 0 unspecified atom stereocenters. The van der Waals surface area contributed by atoms with Crippen molar-refractivity contribution in [2.45, 2.75) is 46.3 Å². The third-order valence-corrected chi connectivity index (χ3v) is 3.52. The van der Waals surface area contributed by atoms with E-state index in [2.05, 4.69) is 4.74 Å². The van der Waals surface area contributed by atoms with Crippen molar-refractivity contribution in [2.24, 2.45) is 0 Å². The third-order valence-electron chi connectivity index (χ3n) is 3.52. The van der Waals surface area contributed by atoms with Crippen molar-refractivity contribution >= 4 is 0 Å². The summed E-state index contributed by atoms with van der Waals surface area (Å²) in [5.41, 5.74) is 2.62. The number of hydrogen-bond acceptors (Lipinski definition) is 2. The summed E-state index contributed by atoms with van der Waals surface area (Å²) in [5, 5.41) is 0. The molecule has 2 nitrogen and oxygen atoms in total. The van der Waals surface area contributed by atoms with Gasteiger partial charge in [-0.3, -0.25) is 0 Å². The highest BCUT2D eigenvalue weighted by Crippen LogP contribution is 2.24. The highest BCUT2D eigenvalue weighted by Gasteiger charge is 2.09. The molecule has 0 aliphatic carbocycles. The van der Waals surface area contributed by atoms with E-state index in [0.717, 1.165) is 11.1 Å². The Bertz CT molecular complexity index is 684. The van der Waals surface area contributed by atoms with Crippen LogP contribution in [0.3, 0.4) is 0 Å². The van der Waals surface area contributed by atoms with E-state index in [1.807, 2.05) is 19.9 Å². The Balaban J connectivity index is 2.04. The van der Waals surface area contributed by atoms with E-state index in [0.29, 0.717) is 18.4 Å². The SMILES string of the molecule is Cc1cc(CCc2ccc(F)c(OC(C)C)c2)ccc1OC(F)F. The van der Waals surface area contributed by atoms with Gasteiger partial charge in [0, 0.05) is 0 Å². The number of hydrogen-bond donors (Lipinski definition) is 0. The molecule has 0 atom stereocenters. The summed E-state index contributed by atoms with van der Waals surface area (Å²) in [6.45, 7) is 2.59. The number of ether oxygens (including phenoxy) is 2. The van der Waals surface area contributed by atoms with Crippen molar-refractivity contribution in [3.63, 3.8) is 0 Å². The quantitative estimate of drug-likeness (QED) is 0.681. The average Bonchev–Trinajstić information content (AvgIpc) is 2.49. The number of aryl methyl sites for hydroxylation is 3. The van der Waals surface area contributed by atoms with Gasteiger partial charge in [-0.25, -0.2) is 4.39 Å². The maximum absolute atomic E-state index is 13.7. The lowest BCUT2D eigenvalue weighted by atomic mass is 10.0. The fraction of sp³-hybridized carbons (Fsp3) is 0.368. The normalized spacial score (nSPS) is 11.2. The van der Waals surface area contributed by atoms with Crippen LogP contribution >= 0.6 is 0 Å². The van der Waals surface area contributed by atoms with Crippen LogP contribution in [-0.4, -0.2) is 12.7 Å². The molecule has 0 heterocycles. The topological polar surface area (TPSA) is 18.5 Å². The molecule has 0 saturated heterocycles. The molecular formula is C19H21F3O2. The molecule has 0 amide bonds. The smallest absolute Gasteiger partial charge is 0.387 e. The van der Waals surface area contributed by atoms with Gasteiger partial charge in [0.1, 0.15) is 5.75 Å². The maximum atomic E-state index is 13.7. The van der Waals surface area contributed by atoms with E-state index in [1.165, 1.54) is 6.07 Å². The summed E-state index contributed by atoms with van der Waals surface area (Å²) in [4.78, 5) is 0. The second kappa shape index (κ2) is 8.08. The van der Waals surface area contributed by atoms with Crippen molar-refractivity contribution in [3.05, 3.63) is 58.9 Å². The Labute approximate surface area is 140 Å². The highest BCUT2D eigenvalue weighted by atomic mass is 19.3. The van der Waals surface area contributed by atoms with E-state index in [4.69, 9.17) is 4.74 Å². The molecular weight excluding hydrogens is 317 g/mol. The van der Waals surface area contributed by atoms with Gasteiger partial charge < -0.3 is 9.47 Å². The van der Waals surface area contributed by atoms with Gasteiger partial charge in [-0.15, -0.1) is 0 Å². The van der Waals surface area contributed by atoms with Gasteiger partial charge in [-0.05, 0) is 68.5 Å². The van der Waals surface area contributed by atoms with Crippen molar-refractivity contribution in [1.29, 1.82) is 0 Å². The lowest BCUT2D eigenvalue weighted by Gasteiger charge is -2.12. The standard InChI is InChI=1S/C19H21F3O2/c1-12(2)23-18-11-15(6-8-16(18)20)5-4-14-7-9-17(13(3)10-14)24-19(21)22/h6-12,19H,4-5H2,1-3H3. The van der Waals surface area contributed by atoms with Crippen molar-refractivity contribution in [1.82, 2.24) is 0 Å². The minimum absolute atomic E-state index is 0.0974. The Morgan fingerprint density at radius 1 is 0.875 bits per heavy atom. The van der Waals surface area contributed by atoms with E-state index in [9.17, 15) is 13.2 Å². The number of halogens is 3. The van der Waals surface area contributed by atoms with Crippen LogP contribution < -0.4 is 9.47 Å². The van der Waals surface area contributed by atoms with Gasteiger partial charge >= 0.3 is 6.61 Å². The monoisotopic (exact) mass is 338 g/mol. The van der Waals surface area contributed by atoms with Crippen LogP contribution in [-0.2, 0) is 12.8 Å². The van der Waals surface area contributed by atoms with Crippen LogP contribution in [0.1, 0.15) is 30.5 Å². The van der Waals surface area contributed by atoms with Crippen LogP contribution in [0.15, 0.2) is 36.4 Å². The molecule has 0 aliphatic heterocycles. The van der Waals surface area contributed by atoms with Gasteiger partial charge in [-0.1, -0.05) is 18.2 Å². The summed E-state index contributed by atoms with van der Waals surface area (Å²) < 4.78 is 48.1. The lowest BCUT2D eigenvalue weighted by molar-refractivity contribution is -0.0503. The lowest BCUT2D eigenvalue weighted by Crippen LogP contribution is -2.07. The maximum Gasteiger partial charge on any atom is 0.387 e. The molecule has 0 spiro atoms. The first-order valence-electron chi connectivity index (χ1n) is 7.84. The fourth-order valence-corrected chi connectivity index (χ4v) is 2.43. The van der Waals surface area contributed by atoms with E-state index in [-0.39, 0.29) is 23.4 Å². The largest absolute Gasteiger partial charge is 0.488 e. The van der Waals surface area contributed by atoms with Crippen LogP contribution in [0.5, 0.6) is 11.5 Å². The van der Waals surface area contributed by atoms with Gasteiger partial charge in [0.05, 0.1) is 6.10 Å². The van der Waals surface area contributed by atoms with E-state index >= 15 is 0 Å². The molecule has 2 aromatic carbocycles. The molecule has 0 bridgehead atoms. The molecule has 24 heavy (non-hydrogen) atoms. The number of alkyl halides is 2. The summed E-state index contributed by atoms with van der Waals surface area (Å²) in [7, 11) is 0. The van der Waals surface area contributed by atoms with Gasteiger partial charge in [0.25, 0.3) is 0 Å². The first-order valence-corrected chi connectivity index (χ1v) is 7.84. The van der Waals surface area contributed by atoms with E-state index < -0.39 is 6.61 Å². The molecule has 0 fully saturated rings. The fourth-order valence-electron chi connectivity index (χ4n) is 2.43.